The van der Waals surface area contributed by atoms with Gasteiger partial charge in [-0.2, -0.15) is 12.1 Å². The van der Waals surface area contributed by atoms with Gasteiger partial charge in [-0.1, -0.05) is 59.7 Å². The molecule has 0 saturated carbocycles. The molecule has 1 fully saturated rings. The fourth-order valence-corrected chi connectivity index (χ4v) is 5.30. The standard InChI is InChI=1S/C34H36N3O2.Pt/c1-33(2,3)24-14-15-30-31(18-24)37(22-36(30,7)23-37)26-10-8-11-27(20-26)38-28-12-9-13-29(21-28)39-32-19-25(16-17-35-32)34(4,5)6;/h8-19,22H,23H2,1-7H3;/q-1;/t36-,37+;/m0./s1/i7D3;. The van der Waals surface area contributed by atoms with Crippen molar-refractivity contribution in [3.63, 3.8) is 0 Å². The van der Waals surface area contributed by atoms with Crippen LogP contribution in [0.2, 0.25) is 0 Å². The number of hydrogen-bond acceptors (Lipinski definition) is 3. The molecule has 3 aromatic carbocycles. The number of quaternary nitrogens is 2. The molecule has 0 amide bonds. The van der Waals surface area contributed by atoms with E-state index < -0.39 is 6.98 Å². The molecule has 2 bridgehead atoms. The van der Waals surface area contributed by atoms with E-state index in [1.165, 1.54) is 0 Å². The predicted molar refractivity (Wildman–Crippen MR) is 157 cm³/mol. The van der Waals surface area contributed by atoms with Crippen LogP contribution in [0.15, 0.2) is 72.9 Å². The minimum absolute atomic E-state index is 0. The molecule has 5 nitrogen and oxygen atoms in total. The summed E-state index contributed by atoms with van der Waals surface area (Å²) in [6, 6.07) is 27.9. The van der Waals surface area contributed by atoms with Crippen LogP contribution in [0, 0.1) is 18.8 Å². The maximum atomic E-state index is 8.36. The maximum absolute atomic E-state index is 8.36. The van der Waals surface area contributed by atoms with Crippen LogP contribution in [0.1, 0.15) is 56.8 Å². The third-order valence-electron chi connectivity index (χ3n) is 7.50. The monoisotopic (exact) mass is 716 g/mol. The molecule has 0 radical (unpaired) electrons. The molecule has 1 saturated heterocycles. The SMILES string of the molecule is [2H]C([2H])([2H])[N@+]12[CH-][N@+](c3[c-]c(Oc4[c-]c(Oc5cc(C(C)(C)C)ccn5)ccc4)ccc3)(C1)c1cc(C(C)(C)C)ccc12.[Pt]. The fourth-order valence-electron chi connectivity index (χ4n) is 5.30. The molecule has 4 aromatic rings. The van der Waals surface area contributed by atoms with Gasteiger partial charge in [-0.05, 0) is 28.0 Å². The van der Waals surface area contributed by atoms with Gasteiger partial charge in [0, 0.05) is 68.4 Å². The van der Waals surface area contributed by atoms with E-state index in [9.17, 15) is 0 Å². The van der Waals surface area contributed by atoms with Gasteiger partial charge in [-0.3, -0.25) is 0 Å². The average Bonchev–Trinajstić information content (AvgIpc) is 3.35. The molecule has 2 atom stereocenters. The molecular formula is C34H36N3O2Pt-. The fraction of sp³-hybridized carbons (Fsp3) is 0.294. The first-order valence-electron chi connectivity index (χ1n) is 14.8. The second-order valence-electron chi connectivity index (χ2n) is 12.6. The number of benzene rings is 3. The van der Waals surface area contributed by atoms with Crippen LogP contribution in [-0.4, -0.2) is 18.6 Å². The van der Waals surface area contributed by atoms with Gasteiger partial charge in [0.25, 0.3) is 0 Å². The van der Waals surface area contributed by atoms with Gasteiger partial charge in [0.2, 0.25) is 5.88 Å². The molecule has 0 unspecified atom stereocenters. The van der Waals surface area contributed by atoms with Gasteiger partial charge >= 0.3 is 0 Å². The van der Waals surface area contributed by atoms with Gasteiger partial charge in [0.1, 0.15) is 0 Å². The zero-order chi connectivity index (χ0) is 30.1. The van der Waals surface area contributed by atoms with Crippen LogP contribution in [0.3, 0.4) is 0 Å². The summed E-state index contributed by atoms with van der Waals surface area (Å²) in [6.07, 6.45) is 1.75. The molecule has 3 aliphatic heterocycles. The number of pyridine rings is 1. The summed E-state index contributed by atoms with van der Waals surface area (Å²) in [5.41, 5.74) is 4.79. The molecule has 40 heavy (non-hydrogen) atoms. The van der Waals surface area contributed by atoms with E-state index in [2.05, 4.69) is 70.8 Å². The third-order valence-corrected chi connectivity index (χ3v) is 7.50. The predicted octanol–water partition coefficient (Wildman–Crippen LogP) is 8.54. The van der Waals surface area contributed by atoms with Crippen LogP contribution in [0.4, 0.5) is 17.1 Å². The number of hydrogen-bond donors (Lipinski definition) is 0. The van der Waals surface area contributed by atoms with Gasteiger partial charge in [-0.15, -0.1) is 24.3 Å². The molecule has 1 aromatic heterocycles. The van der Waals surface area contributed by atoms with Crippen LogP contribution in [-0.2, 0) is 31.9 Å². The summed E-state index contributed by atoms with van der Waals surface area (Å²) in [5, 5.41) is 0. The summed E-state index contributed by atoms with van der Waals surface area (Å²) in [7, 11) is 0. The summed E-state index contributed by atoms with van der Waals surface area (Å²) in [4.78, 5) is 4.36. The first kappa shape index (κ1) is 24.8. The number of rotatable bonds is 5. The summed E-state index contributed by atoms with van der Waals surface area (Å²) in [6.45, 7) is 13.0. The Morgan fingerprint density at radius 2 is 1.43 bits per heavy atom. The molecule has 4 heterocycles. The van der Waals surface area contributed by atoms with Crippen molar-refractivity contribution in [3.05, 3.63) is 103 Å². The molecule has 7 rings (SSSR count). The normalized spacial score (nSPS) is 22.6. The molecule has 0 spiro atoms. The second kappa shape index (κ2) is 9.83. The van der Waals surface area contributed by atoms with Crippen LogP contribution >= 0.6 is 0 Å². The van der Waals surface area contributed by atoms with Gasteiger partial charge < -0.3 is 18.4 Å². The summed E-state index contributed by atoms with van der Waals surface area (Å²) < 4.78 is 37.5. The Morgan fingerprint density at radius 1 is 0.800 bits per heavy atom. The quantitative estimate of drug-likeness (QED) is 0.153. The Bertz CT molecular complexity index is 1670. The van der Waals surface area contributed by atoms with Crippen molar-refractivity contribution < 1.29 is 34.7 Å². The second-order valence-corrected chi connectivity index (χ2v) is 12.6. The topological polar surface area (TPSA) is 31.4 Å². The third kappa shape index (κ3) is 5.00. The first-order chi connectivity index (χ1) is 19.6. The molecule has 0 aliphatic carbocycles. The van der Waals surface area contributed by atoms with Gasteiger partial charge in [0.05, 0.1) is 17.8 Å². The molecule has 3 aliphatic rings. The van der Waals surface area contributed by atoms with E-state index in [4.69, 9.17) is 13.6 Å². The zero-order valence-corrected chi connectivity index (χ0v) is 26.0. The van der Waals surface area contributed by atoms with Crippen molar-refractivity contribution in [1.29, 1.82) is 0 Å². The van der Waals surface area contributed by atoms with Crippen molar-refractivity contribution in [2.45, 2.75) is 52.4 Å². The van der Waals surface area contributed by atoms with Crippen molar-refractivity contribution in [2.75, 3.05) is 13.6 Å². The van der Waals surface area contributed by atoms with E-state index in [1.54, 1.807) is 6.20 Å². The Morgan fingerprint density at radius 3 is 2.10 bits per heavy atom. The van der Waals surface area contributed by atoms with E-state index in [1.807, 2.05) is 61.3 Å². The van der Waals surface area contributed by atoms with Crippen LogP contribution < -0.4 is 18.4 Å². The number of nitrogens with zero attached hydrogens (tertiary/aromatic N) is 3. The Hall–Kier alpha value is -2.98. The van der Waals surface area contributed by atoms with Gasteiger partial charge in [0.15, 0.2) is 18.0 Å². The van der Waals surface area contributed by atoms with Crippen molar-refractivity contribution in [3.8, 4) is 23.1 Å². The molecule has 210 valence electrons. The number of aromatic nitrogens is 1. The summed E-state index contributed by atoms with van der Waals surface area (Å²) in [5.74, 6) is 1.97. The first-order valence-corrected chi connectivity index (χ1v) is 13.3. The minimum atomic E-state index is -2.21. The Balaban J connectivity index is 0.00000368. The van der Waals surface area contributed by atoms with E-state index in [0.717, 1.165) is 28.2 Å². The van der Waals surface area contributed by atoms with E-state index in [0.29, 0.717) is 34.3 Å². The zero-order valence-electron chi connectivity index (χ0n) is 26.7. The van der Waals surface area contributed by atoms with E-state index >= 15 is 0 Å². The average molecular weight is 717 g/mol. The largest absolute Gasteiger partial charge is 0.509 e. The van der Waals surface area contributed by atoms with Crippen molar-refractivity contribution >= 4 is 17.1 Å². The minimum Gasteiger partial charge on any atom is -0.509 e. The smallest absolute Gasteiger partial charge is 0.216 e. The number of ether oxygens (including phenoxy) is 2. The van der Waals surface area contributed by atoms with Crippen molar-refractivity contribution in [1.82, 2.24) is 14.0 Å². The Kier molecular flexibility index (Phi) is 6.09. The molecule has 0 N–H and O–H groups in total. The van der Waals surface area contributed by atoms with Gasteiger partial charge in [-0.25, -0.2) is 4.98 Å². The summed E-state index contributed by atoms with van der Waals surface area (Å²) >= 11 is 0. The molecule has 6 heteroatoms. The van der Waals surface area contributed by atoms with E-state index in [-0.39, 0.29) is 36.4 Å². The van der Waals surface area contributed by atoms with Crippen LogP contribution in [0.25, 0.3) is 0 Å². The molecular weight excluding hydrogens is 677 g/mol. The van der Waals surface area contributed by atoms with Crippen LogP contribution in [0.5, 0.6) is 23.1 Å². The van der Waals surface area contributed by atoms with Crippen molar-refractivity contribution in [2.24, 2.45) is 0 Å². The Labute approximate surface area is 257 Å². The maximum Gasteiger partial charge on any atom is 0.216 e.